The number of nitrogens with zero attached hydrogens (tertiary/aromatic N) is 1. The number of benzene rings is 3. The molecule has 0 bridgehead atoms. The van der Waals surface area contributed by atoms with Crippen LogP contribution in [0, 0.1) is 6.92 Å². The van der Waals surface area contributed by atoms with Crippen molar-refractivity contribution in [3.05, 3.63) is 124 Å². The maximum atomic E-state index is 13.0. The summed E-state index contributed by atoms with van der Waals surface area (Å²) in [4.78, 5) is 27.2. The molecule has 256 valence electrons. The number of hydrogen-bond acceptors (Lipinski definition) is 9. The molecule has 3 aromatic carbocycles. The summed E-state index contributed by atoms with van der Waals surface area (Å²) in [7, 11) is -5.89. The highest BCUT2D eigenvalue weighted by molar-refractivity contribution is 7.86. The average molecular weight is 695 g/mol. The minimum Gasteiger partial charge on any atom is -0.399 e. The molecule has 5 atom stereocenters. The third kappa shape index (κ3) is 7.17. The highest BCUT2D eigenvalue weighted by Gasteiger charge is 2.58. The number of H-pyrrole nitrogens is 1. The highest BCUT2D eigenvalue weighted by atomic mass is 32.2. The summed E-state index contributed by atoms with van der Waals surface area (Å²) >= 11 is 0. The number of ether oxygens (including phenoxy) is 2. The van der Waals surface area contributed by atoms with Crippen molar-refractivity contribution < 1.29 is 31.6 Å². The number of aliphatic hydroxyl groups is 1. The Morgan fingerprint density at radius 3 is 2.02 bits per heavy atom. The number of aromatic amines is 1. The van der Waals surface area contributed by atoms with E-state index in [1.165, 1.54) is 36.1 Å². The van der Waals surface area contributed by atoms with Gasteiger partial charge in [0.2, 0.25) is 0 Å². The van der Waals surface area contributed by atoms with Crippen LogP contribution < -0.4 is 21.6 Å². The van der Waals surface area contributed by atoms with Crippen molar-refractivity contribution >= 4 is 28.8 Å². The molecule has 0 saturated carbocycles. The second kappa shape index (κ2) is 14.4. The van der Waals surface area contributed by atoms with Crippen molar-refractivity contribution in [2.75, 3.05) is 13.7 Å². The summed E-state index contributed by atoms with van der Waals surface area (Å²) in [6, 6.07) is 27.3. The smallest absolute Gasteiger partial charge is 0.330 e. The Morgan fingerprint density at radius 1 is 0.917 bits per heavy atom. The fraction of sp³-hybridized carbons (Fsp3) is 0.371. The van der Waals surface area contributed by atoms with Crippen molar-refractivity contribution in [1.29, 1.82) is 0 Å². The number of rotatable bonds is 12. The van der Waals surface area contributed by atoms with Crippen LogP contribution in [0.5, 0.6) is 0 Å². The molecular weight excluding hydrogens is 653 g/mol. The number of aliphatic hydroxyl groups excluding tert-OH is 1. The molecule has 0 aliphatic carbocycles. The monoisotopic (exact) mass is 694 g/mol. The Hall–Kier alpha value is -3.69. The van der Waals surface area contributed by atoms with Gasteiger partial charge in [-0.15, -0.1) is 0 Å². The Morgan fingerprint density at radius 2 is 1.50 bits per heavy atom. The van der Waals surface area contributed by atoms with Crippen LogP contribution in [0.1, 0.15) is 39.0 Å². The normalized spacial score (nSPS) is 20.9. The summed E-state index contributed by atoms with van der Waals surface area (Å²) in [5.41, 5.74) is -0.396. The molecular formula is C35H42N2O9SSi. The summed E-state index contributed by atoms with van der Waals surface area (Å²) in [5.74, 6) is 0. The first-order valence-corrected chi connectivity index (χ1v) is 19.0. The third-order valence-corrected chi connectivity index (χ3v) is 15.1. The van der Waals surface area contributed by atoms with Gasteiger partial charge in [-0.25, -0.2) is 4.79 Å². The zero-order chi connectivity index (χ0) is 34.7. The second-order valence-corrected chi connectivity index (χ2v) is 18.8. The first kappa shape index (κ1) is 35.6. The average Bonchev–Trinajstić information content (AvgIpc) is 3.41. The molecule has 1 saturated heterocycles. The number of aromatic nitrogens is 2. The molecule has 13 heteroatoms. The topological polar surface area (TPSA) is 146 Å². The van der Waals surface area contributed by atoms with E-state index in [0.29, 0.717) is 0 Å². The fourth-order valence-corrected chi connectivity index (χ4v) is 11.9. The Balaban J connectivity index is 1.55. The van der Waals surface area contributed by atoms with E-state index >= 15 is 0 Å². The molecule has 0 radical (unpaired) electrons. The summed E-state index contributed by atoms with van der Waals surface area (Å²) < 4.78 is 52.1. The van der Waals surface area contributed by atoms with Gasteiger partial charge >= 0.3 is 5.69 Å². The van der Waals surface area contributed by atoms with Crippen molar-refractivity contribution in [3.63, 3.8) is 0 Å². The van der Waals surface area contributed by atoms with E-state index in [9.17, 15) is 23.1 Å². The van der Waals surface area contributed by atoms with Gasteiger partial charge in [-0.2, -0.15) is 8.42 Å². The molecule has 4 aromatic rings. The van der Waals surface area contributed by atoms with Gasteiger partial charge in [0.15, 0.2) is 6.23 Å². The lowest BCUT2D eigenvalue weighted by molar-refractivity contribution is -0.0901. The van der Waals surface area contributed by atoms with Crippen LogP contribution in [0.3, 0.4) is 0 Å². The molecule has 0 amide bonds. The molecule has 5 rings (SSSR count). The van der Waals surface area contributed by atoms with Gasteiger partial charge in [0.05, 0.1) is 17.6 Å². The second-order valence-electron chi connectivity index (χ2n) is 12.9. The molecule has 1 aliphatic rings. The van der Waals surface area contributed by atoms with Crippen molar-refractivity contribution in [3.8, 4) is 0 Å². The van der Waals surface area contributed by atoms with Crippen LogP contribution in [0.2, 0.25) is 5.04 Å². The van der Waals surface area contributed by atoms with Gasteiger partial charge in [0.1, 0.15) is 18.3 Å². The minimum absolute atomic E-state index is 0.00422. The van der Waals surface area contributed by atoms with Crippen LogP contribution >= 0.6 is 0 Å². The van der Waals surface area contributed by atoms with E-state index < -0.39 is 65.4 Å². The minimum atomic E-state index is -4.09. The Labute approximate surface area is 281 Å². The number of methoxy groups -OCH3 is 1. The van der Waals surface area contributed by atoms with Gasteiger partial charge in [-0.1, -0.05) is 99.1 Å². The lowest BCUT2D eigenvalue weighted by atomic mass is 10.0. The number of nitrogens with one attached hydrogen (secondary N) is 1. The molecule has 1 fully saturated rings. The van der Waals surface area contributed by atoms with E-state index in [2.05, 4.69) is 25.8 Å². The molecule has 48 heavy (non-hydrogen) atoms. The Bertz CT molecular complexity index is 1850. The quantitative estimate of drug-likeness (QED) is 0.169. The first-order chi connectivity index (χ1) is 22.8. The molecule has 11 nitrogen and oxygen atoms in total. The van der Waals surface area contributed by atoms with E-state index in [4.69, 9.17) is 18.1 Å². The molecule has 0 spiro atoms. The van der Waals surface area contributed by atoms with E-state index in [1.54, 1.807) is 12.1 Å². The summed E-state index contributed by atoms with van der Waals surface area (Å²) in [6.07, 6.45) is -4.20. The predicted molar refractivity (Wildman–Crippen MR) is 183 cm³/mol. The van der Waals surface area contributed by atoms with Gasteiger partial charge in [0, 0.05) is 25.8 Å². The zero-order valence-corrected chi connectivity index (χ0v) is 29.4. The molecule has 1 aromatic heterocycles. The van der Waals surface area contributed by atoms with Crippen LogP contribution in [-0.4, -0.2) is 69.5 Å². The fourth-order valence-electron chi connectivity index (χ4n) is 6.32. The Kier molecular flexibility index (Phi) is 10.7. The first-order valence-electron chi connectivity index (χ1n) is 15.7. The number of aryl methyl sites for hydroxylation is 1. The van der Waals surface area contributed by atoms with E-state index in [1.807, 2.05) is 67.6 Å². The van der Waals surface area contributed by atoms with Crippen LogP contribution in [0.4, 0.5) is 0 Å². The van der Waals surface area contributed by atoms with E-state index in [0.717, 1.165) is 15.9 Å². The van der Waals surface area contributed by atoms with Crippen LogP contribution in [0.25, 0.3) is 0 Å². The molecule has 2 N–H and O–H groups in total. The van der Waals surface area contributed by atoms with Crippen LogP contribution in [0.15, 0.2) is 112 Å². The zero-order valence-electron chi connectivity index (χ0n) is 27.6. The van der Waals surface area contributed by atoms with E-state index in [-0.39, 0.29) is 17.9 Å². The third-order valence-electron chi connectivity index (χ3n) is 8.69. The summed E-state index contributed by atoms with van der Waals surface area (Å²) in [6.45, 7) is 7.83. The molecule has 0 unspecified atom stereocenters. The predicted octanol–water partition coefficient (Wildman–Crippen LogP) is 2.86. The van der Waals surface area contributed by atoms with Gasteiger partial charge in [-0.05, 0) is 34.5 Å². The van der Waals surface area contributed by atoms with Crippen molar-refractivity contribution in [1.82, 2.24) is 9.55 Å². The standard InChI is InChI=1S/C35H42N2O9SSi/c1-24-16-18-25(19-17-24)47(41,42)44-23-21-28(38)30-31(32(43-5)33(45-30)37-22-20-29(39)36-34(37)40)46-48(35(2,3)4,26-12-8-6-9-13-26)27-14-10-7-11-15-27/h6-20,22,28,30-33,38H,21,23H2,1-5H3,(H,36,39,40)/t28-,30+,31+,32+,33+/m0/s1. The maximum Gasteiger partial charge on any atom is 0.330 e. The van der Waals surface area contributed by atoms with Crippen molar-refractivity contribution in [2.24, 2.45) is 0 Å². The maximum absolute atomic E-state index is 13.0. The van der Waals surface area contributed by atoms with Gasteiger partial charge in [-0.3, -0.25) is 18.5 Å². The SMILES string of the molecule is CO[C@@H]1[C@H](O[Si](c2ccccc2)(c2ccccc2)C(C)(C)C)[C@@H]([C@@H](O)CCOS(=O)(=O)c2ccc(C)cc2)O[C@H]1n1ccc(=O)[nH]c1=O. The summed E-state index contributed by atoms with van der Waals surface area (Å²) in [5, 5.41) is 13.2. The molecule has 2 heterocycles. The van der Waals surface area contributed by atoms with Crippen LogP contribution in [-0.2, 0) is 28.2 Å². The number of hydrogen-bond donors (Lipinski definition) is 2. The molecule has 1 aliphatic heterocycles. The lowest BCUT2D eigenvalue weighted by Gasteiger charge is -2.46. The lowest BCUT2D eigenvalue weighted by Crippen LogP contribution is -2.69. The van der Waals surface area contributed by atoms with Gasteiger partial charge in [0.25, 0.3) is 24.0 Å². The largest absolute Gasteiger partial charge is 0.399 e. The van der Waals surface area contributed by atoms with Gasteiger partial charge < -0.3 is 19.0 Å². The van der Waals surface area contributed by atoms with Crippen molar-refractivity contribution in [2.45, 2.75) is 74.7 Å². The highest BCUT2D eigenvalue weighted by Crippen LogP contribution is 2.42.